The minimum atomic E-state index is -1.17. The summed E-state index contributed by atoms with van der Waals surface area (Å²) in [4.78, 5) is 61.6. The zero-order valence-corrected chi connectivity index (χ0v) is 21.3. The number of nitrogens with one attached hydrogen (secondary N) is 5. The zero-order valence-electron chi connectivity index (χ0n) is 21.3. The number of aromatic nitrogens is 2. The van der Waals surface area contributed by atoms with Crippen LogP contribution in [0.1, 0.15) is 51.6 Å². The lowest BCUT2D eigenvalue weighted by Crippen LogP contribution is -2.57. The Kier molecular flexibility index (Phi) is 11.8. The molecule has 2 rings (SSSR count). The van der Waals surface area contributed by atoms with Gasteiger partial charge in [-0.05, 0) is 44.6 Å². The van der Waals surface area contributed by atoms with E-state index in [4.69, 9.17) is 11.5 Å². The molecule has 0 aliphatic carbocycles. The van der Waals surface area contributed by atoms with Crippen LogP contribution >= 0.6 is 0 Å². The van der Waals surface area contributed by atoms with Gasteiger partial charge in [0.15, 0.2) is 5.96 Å². The fraction of sp³-hybridized carbons (Fsp3) is 0.652. The maximum atomic E-state index is 13.3. The molecular formula is C23H39N9O5. The maximum Gasteiger partial charge on any atom is 0.326 e. The number of amides is 3. The lowest BCUT2D eigenvalue weighted by molar-refractivity contribution is -0.142. The van der Waals surface area contributed by atoms with Crippen molar-refractivity contribution in [3.8, 4) is 0 Å². The number of guanidine groups is 1. The molecule has 4 atom stereocenters. The van der Waals surface area contributed by atoms with Gasteiger partial charge in [-0.2, -0.15) is 0 Å². The number of aliphatic imine (C=N–C) groups is 1. The van der Waals surface area contributed by atoms with Crippen LogP contribution in [0.15, 0.2) is 17.5 Å². The minimum Gasteiger partial charge on any atom is -0.480 e. The van der Waals surface area contributed by atoms with E-state index in [-0.39, 0.29) is 43.6 Å². The lowest BCUT2D eigenvalue weighted by Gasteiger charge is -2.25. The topological polar surface area (TPSA) is 230 Å². The normalized spacial score (nSPS) is 17.4. The first-order valence-electron chi connectivity index (χ1n) is 12.5. The fourth-order valence-electron chi connectivity index (χ4n) is 4.02. The van der Waals surface area contributed by atoms with E-state index >= 15 is 0 Å². The fourth-order valence-corrected chi connectivity index (χ4v) is 4.02. The van der Waals surface area contributed by atoms with Crippen molar-refractivity contribution in [1.29, 1.82) is 0 Å². The molecule has 4 unspecified atom stereocenters. The van der Waals surface area contributed by atoms with Gasteiger partial charge in [-0.15, -0.1) is 0 Å². The molecule has 0 saturated carbocycles. The third-order valence-corrected chi connectivity index (χ3v) is 5.89. The summed E-state index contributed by atoms with van der Waals surface area (Å²) in [6, 6.07) is -3.57. The van der Waals surface area contributed by atoms with Gasteiger partial charge < -0.3 is 42.8 Å². The summed E-state index contributed by atoms with van der Waals surface area (Å²) in [7, 11) is 0. The summed E-state index contributed by atoms with van der Waals surface area (Å²) in [5.41, 5.74) is 11.3. The number of nitrogens with zero attached hydrogens (tertiary/aromatic N) is 2. The molecule has 1 aromatic rings. The van der Waals surface area contributed by atoms with Gasteiger partial charge in [0.25, 0.3) is 0 Å². The van der Waals surface area contributed by atoms with Crippen LogP contribution in [0.25, 0.3) is 0 Å². The highest BCUT2D eigenvalue weighted by Crippen LogP contribution is 2.09. The van der Waals surface area contributed by atoms with Gasteiger partial charge in [0.2, 0.25) is 17.7 Å². The van der Waals surface area contributed by atoms with Gasteiger partial charge in [-0.3, -0.25) is 19.4 Å². The summed E-state index contributed by atoms with van der Waals surface area (Å²) in [6.45, 7) is 4.63. The van der Waals surface area contributed by atoms with Gasteiger partial charge in [0.05, 0.1) is 12.4 Å². The summed E-state index contributed by atoms with van der Waals surface area (Å²) in [6.07, 6.45) is 5.37. The van der Waals surface area contributed by atoms with Crippen LogP contribution in [-0.4, -0.2) is 82.0 Å². The number of H-pyrrole nitrogens is 1. The second-order valence-electron chi connectivity index (χ2n) is 9.53. The molecule has 3 amide bonds. The van der Waals surface area contributed by atoms with Crippen LogP contribution in [0.2, 0.25) is 0 Å². The number of carboxylic acid groups (broad SMARTS) is 1. The average molecular weight is 522 g/mol. The van der Waals surface area contributed by atoms with E-state index in [0.717, 1.165) is 6.42 Å². The van der Waals surface area contributed by atoms with Crippen molar-refractivity contribution < 1.29 is 24.3 Å². The summed E-state index contributed by atoms with van der Waals surface area (Å²) < 4.78 is 0. The van der Waals surface area contributed by atoms with Crippen LogP contribution in [0.5, 0.6) is 0 Å². The molecular weight excluding hydrogens is 482 g/mol. The van der Waals surface area contributed by atoms with Crippen LogP contribution in [0.4, 0.5) is 0 Å². The van der Waals surface area contributed by atoms with E-state index in [1.165, 1.54) is 6.33 Å². The first kappa shape index (κ1) is 29.5. The summed E-state index contributed by atoms with van der Waals surface area (Å²) in [5, 5.41) is 20.6. The summed E-state index contributed by atoms with van der Waals surface area (Å²) >= 11 is 0. The largest absolute Gasteiger partial charge is 0.480 e. The maximum absolute atomic E-state index is 13.3. The Morgan fingerprint density at radius 2 is 1.84 bits per heavy atom. The predicted octanol–water partition coefficient (Wildman–Crippen LogP) is -1.66. The van der Waals surface area contributed by atoms with Crippen molar-refractivity contribution in [2.75, 3.05) is 13.1 Å². The standard InChI is InChI=1S/C23H39N9O5/c1-13(2)9-18(22(36)37)32-20(34)16(6-4-8-28-23(24)25)30-21(35)17(10-14-11-26-12-29-14)31-19(33)15-5-3-7-27-15/h11-13,15-18,27H,3-10H2,1-2H3,(H,26,29)(H,30,35)(H,31,33)(H,32,34)(H,36,37)(H4,24,25,28). The van der Waals surface area contributed by atoms with Crippen LogP contribution in [0, 0.1) is 5.92 Å². The lowest BCUT2D eigenvalue weighted by atomic mass is 10.0. The third-order valence-electron chi connectivity index (χ3n) is 5.89. The zero-order chi connectivity index (χ0) is 27.4. The highest BCUT2D eigenvalue weighted by molar-refractivity contribution is 5.94. The summed E-state index contributed by atoms with van der Waals surface area (Å²) in [5.74, 6) is -2.78. The SMILES string of the molecule is CC(C)CC(NC(=O)C(CCCN=C(N)N)NC(=O)C(Cc1cnc[nH]1)NC(=O)C1CCCN1)C(=O)O. The quantitative estimate of drug-likeness (QED) is 0.0749. The molecule has 0 aromatic carbocycles. The van der Waals surface area contributed by atoms with Crippen LogP contribution < -0.4 is 32.7 Å². The van der Waals surface area contributed by atoms with Crippen molar-refractivity contribution in [2.45, 2.75) is 76.5 Å². The Morgan fingerprint density at radius 3 is 2.41 bits per heavy atom. The number of nitrogens with two attached hydrogens (primary N) is 2. The molecule has 14 nitrogen and oxygen atoms in total. The van der Waals surface area contributed by atoms with E-state index in [9.17, 15) is 24.3 Å². The molecule has 10 N–H and O–H groups in total. The van der Waals surface area contributed by atoms with Crippen molar-refractivity contribution in [2.24, 2.45) is 22.4 Å². The van der Waals surface area contributed by atoms with Crippen LogP contribution in [0.3, 0.4) is 0 Å². The molecule has 1 aromatic heterocycles. The second kappa shape index (κ2) is 14.8. The molecule has 2 heterocycles. The molecule has 206 valence electrons. The molecule has 0 bridgehead atoms. The van der Waals surface area contributed by atoms with E-state index in [1.54, 1.807) is 6.20 Å². The number of carbonyl (C=O) groups is 4. The molecule has 1 aliphatic rings. The van der Waals surface area contributed by atoms with Gasteiger partial charge in [-0.1, -0.05) is 13.8 Å². The van der Waals surface area contributed by atoms with E-state index in [0.29, 0.717) is 25.1 Å². The van der Waals surface area contributed by atoms with Crippen molar-refractivity contribution in [1.82, 2.24) is 31.2 Å². The molecule has 1 saturated heterocycles. The molecule has 1 aliphatic heterocycles. The molecule has 14 heteroatoms. The Bertz CT molecular complexity index is 925. The van der Waals surface area contributed by atoms with Crippen LogP contribution in [-0.2, 0) is 25.6 Å². The van der Waals surface area contributed by atoms with Gasteiger partial charge in [-0.25, -0.2) is 9.78 Å². The monoisotopic (exact) mass is 521 g/mol. The number of carboxylic acids is 1. The molecule has 37 heavy (non-hydrogen) atoms. The number of imidazole rings is 1. The first-order chi connectivity index (χ1) is 17.6. The predicted molar refractivity (Wildman–Crippen MR) is 136 cm³/mol. The number of hydrogen-bond acceptors (Lipinski definition) is 7. The number of carbonyl (C=O) groups excluding carboxylic acids is 3. The number of rotatable bonds is 15. The Balaban J connectivity index is 2.17. The van der Waals surface area contributed by atoms with Crippen molar-refractivity contribution in [3.63, 3.8) is 0 Å². The highest BCUT2D eigenvalue weighted by Gasteiger charge is 2.31. The highest BCUT2D eigenvalue weighted by atomic mass is 16.4. The van der Waals surface area contributed by atoms with E-state index in [1.807, 2.05) is 13.8 Å². The van der Waals surface area contributed by atoms with Crippen molar-refractivity contribution >= 4 is 29.7 Å². The van der Waals surface area contributed by atoms with E-state index in [2.05, 4.69) is 36.2 Å². The molecule has 1 fully saturated rings. The van der Waals surface area contributed by atoms with Gasteiger partial charge >= 0.3 is 5.97 Å². The Hall–Kier alpha value is -3.68. The third kappa shape index (κ3) is 10.5. The second-order valence-corrected chi connectivity index (χ2v) is 9.53. The van der Waals surface area contributed by atoms with Gasteiger partial charge in [0.1, 0.15) is 18.1 Å². The molecule has 0 radical (unpaired) electrons. The van der Waals surface area contributed by atoms with Crippen molar-refractivity contribution in [3.05, 3.63) is 18.2 Å². The Labute approximate surface area is 215 Å². The number of aliphatic carboxylic acids is 1. The number of hydrogen-bond donors (Lipinski definition) is 8. The smallest absolute Gasteiger partial charge is 0.326 e. The Morgan fingerprint density at radius 1 is 1.14 bits per heavy atom. The first-order valence-corrected chi connectivity index (χ1v) is 12.5. The van der Waals surface area contributed by atoms with Gasteiger partial charge in [0, 0.05) is 24.9 Å². The minimum absolute atomic E-state index is 0.0227. The number of aromatic amines is 1. The molecule has 0 spiro atoms. The average Bonchev–Trinajstić information content (AvgIpc) is 3.54. The van der Waals surface area contributed by atoms with E-state index < -0.39 is 42.0 Å².